The number of carbonyl (C=O) groups is 2. The Balaban J connectivity index is 1.72. The van der Waals surface area contributed by atoms with Gasteiger partial charge >= 0.3 is 11.9 Å². The molecule has 0 radical (unpaired) electrons. The first-order valence-corrected chi connectivity index (χ1v) is 9.21. The summed E-state index contributed by atoms with van der Waals surface area (Å²) in [5.41, 5.74) is 3.80. The molecule has 6 heteroatoms. The minimum absolute atomic E-state index is 0.0165. The van der Waals surface area contributed by atoms with Gasteiger partial charge in [0.05, 0.1) is 11.4 Å². The maximum atomic E-state index is 12.3. The number of hydrogen-bond acceptors (Lipinski definition) is 5. The number of rotatable bonds is 8. The SMILES string of the molecule is C=C(C)C(=O)OCCOC(=O)Cn1nc(-c2ccccc2)cc1-c1ccccc1. The summed E-state index contributed by atoms with van der Waals surface area (Å²) < 4.78 is 11.7. The Labute approximate surface area is 169 Å². The molecule has 0 aliphatic rings. The lowest BCUT2D eigenvalue weighted by Crippen LogP contribution is -2.19. The summed E-state index contributed by atoms with van der Waals surface area (Å²) in [7, 11) is 0. The van der Waals surface area contributed by atoms with E-state index in [2.05, 4.69) is 11.7 Å². The van der Waals surface area contributed by atoms with Gasteiger partial charge < -0.3 is 9.47 Å². The van der Waals surface area contributed by atoms with Crippen molar-refractivity contribution in [1.29, 1.82) is 0 Å². The molecule has 0 saturated heterocycles. The van der Waals surface area contributed by atoms with Crippen molar-refractivity contribution in [3.63, 3.8) is 0 Å². The van der Waals surface area contributed by atoms with Gasteiger partial charge in [-0.1, -0.05) is 67.2 Å². The topological polar surface area (TPSA) is 70.4 Å². The number of ether oxygens (including phenoxy) is 2. The smallest absolute Gasteiger partial charge is 0.333 e. The summed E-state index contributed by atoms with van der Waals surface area (Å²) in [6, 6.07) is 21.4. The van der Waals surface area contributed by atoms with Gasteiger partial charge in [-0.05, 0) is 18.6 Å². The minimum Gasteiger partial charge on any atom is -0.461 e. The molecule has 3 rings (SSSR count). The zero-order valence-electron chi connectivity index (χ0n) is 16.2. The highest BCUT2D eigenvalue weighted by molar-refractivity contribution is 5.86. The summed E-state index contributed by atoms with van der Waals surface area (Å²) in [4.78, 5) is 23.6. The van der Waals surface area contributed by atoms with E-state index in [0.29, 0.717) is 5.57 Å². The van der Waals surface area contributed by atoms with Gasteiger partial charge in [0.2, 0.25) is 0 Å². The molecular weight excluding hydrogens is 368 g/mol. The Hall–Kier alpha value is -3.67. The van der Waals surface area contributed by atoms with Crippen LogP contribution in [0.3, 0.4) is 0 Å². The Kier molecular flexibility index (Phi) is 6.58. The largest absolute Gasteiger partial charge is 0.461 e. The van der Waals surface area contributed by atoms with Crippen LogP contribution in [-0.2, 0) is 25.6 Å². The molecule has 0 aliphatic carbocycles. The number of hydrogen-bond donors (Lipinski definition) is 0. The van der Waals surface area contributed by atoms with E-state index in [0.717, 1.165) is 22.5 Å². The van der Waals surface area contributed by atoms with Gasteiger partial charge in [-0.25, -0.2) is 4.79 Å². The molecule has 148 valence electrons. The van der Waals surface area contributed by atoms with Gasteiger partial charge in [0.1, 0.15) is 19.8 Å². The number of aromatic nitrogens is 2. The molecule has 0 atom stereocenters. The van der Waals surface area contributed by atoms with E-state index in [1.165, 1.54) is 0 Å². The van der Waals surface area contributed by atoms with Gasteiger partial charge in [0.15, 0.2) is 0 Å². The molecule has 29 heavy (non-hydrogen) atoms. The second-order valence-corrected chi connectivity index (χ2v) is 6.44. The lowest BCUT2D eigenvalue weighted by atomic mass is 10.1. The van der Waals surface area contributed by atoms with Crippen molar-refractivity contribution in [2.24, 2.45) is 0 Å². The third-order valence-electron chi connectivity index (χ3n) is 4.13. The van der Waals surface area contributed by atoms with Crippen LogP contribution in [0.25, 0.3) is 22.5 Å². The molecule has 0 bridgehead atoms. The van der Waals surface area contributed by atoms with Crippen LogP contribution in [0.15, 0.2) is 78.9 Å². The molecular formula is C23H22N2O4. The van der Waals surface area contributed by atoms with Crippen LogP contribution in [0.2, 0.25) is 0 Å². The molecule has 2 aromatic carbocycles. The number of carbonyl (C=O) groups excluding carboxylic acids is 2. The van der Waals surface area contributed by atoms with Crippen molar-refractivity contribution in [3.8, 4) is 22.5 Å². The fourth-order valence-electron chi connectivity index (χ4n) is 2.71. The molecule has 0 fully saturated rings. The van der Waals surface area contributed by atoms with Crippen LogP contribution < -0.4 is 0 Å². The lowest BCUT2D eigenvalue weighted by molar-refractivity contribution is -0.150. The highest BCUT2D eigenvalue weighted by atomic mass is 16.6. The zero-order chi connectivity index (χ0) is 20.6. The maximum Gasteiger partial charge on any atom is 0.333 e. The third-order valence-corrected chi connectivity index (χ3v) is 4.13. The minimum atomic E-state index is -0.507. The Morgan fingerprint density at radius 2 is 1.52 bits per heavy atom. The maximum absolute atomic E-state index is 12.3. The molecule has 1 heterocycles. The van der Waals surface area contributed by atoms with E-state index in [1.807, 2.05) is 66.7 Å². The first-order chi connectivity index (χ1) is 14.0. The summed E-state index contributed by atoms with van der Waals surface area (Å²) >= 11 is 0. The fourth-order valence-corrected chi connectivity index (χ4v) is 2.71. The standard InChI is InChI=1S/C23H22N2O4/c1-17(2)23(27)29-14-13-28-22(26)16-25-21(19-11-7-4-8-12-19)15-20(24-25)18-9-5-3-6-10-18/h3-12,15H,1,13-14,16H2,2H3. The van der Waals surface area contributed by atoms with Crippen LogP contribution in [0.4, 0.5) is 0 Å². The van der Waals surface area contributed by atoms with Gasteiger partial charge in [0, 0.05) is 11.1 Å². The summed E-state index contributed by atoms with van der Waals surface area (Å²) in [5, 5.41) is 4.60. The molecule has 0 spiro atoms. The highest BCUT2D eigenvalue weighted by Crippen LogP contribution is 2.26. The summed E-state index contributed by atoms with van der Waals surface area (Å²) in [6.07, 6.45) is 0. The van der Waals surface area contributed by atoms with Gasteiger partial charge in [-0.3, -0.25) is 9.48 Å². The van der Waals surface area contributed by atoms with Gasteiger partial charge in [-0.15, -0.1) is 0 Å². The Morgan fingerprint density at radius 1 is 0.931 bits per heavy atom. The molecule has 0 saturated carbocycles. The predicted octanol–water partition coefficient (Wildman–Crippen LogP) is 3.88. The second kappa shape index (κ2) is 9.50. The van der Waals surface area contributed by atoms with E-state index in [4.69, 9.17) is 9.47 Å². The molecule has 0 aliphatic heterocycles. The zero-order valence-corrected chi connectivity index (χ0v) is 16.2. The quantitative estimate of drug-likeness (QED) is 0.332. The molecule has 1 aromatic heterocycles. The first-order valence-electron chi connectivity index (χ1n) is 9.21. The van der Waals surface area contributed by atoms with Crippen molar-refractivity contribution in [2.75, 3.05) is 13.2 Å². The molecule has 0 unspecified atom stereocenters. The molecule has 0 N–H and O–H groups in total. The first kappa shape index (κ1) is 20.1. The van der Waals surface area contributed by atoms with Gasteiger partial charge in [-0.2, -0.15) is 5.10 Å². The van der Waals surface area contributed by atoms with Crippen LogP contribution in [0.5, 0.6) is 0 Å². The van der Waals surface area contributed by atoms with E-state index < -0.39 is 11.9 Å². The predicted molar refractivity (Wildman–Crippen MR) is 110 cm³/mol. The van der Waals surface area contributed by atoms with Crippen molar-refractivity contribution < 1.29 is 19.1 Å². The van der Waals surface area contributed by atoms with Crippen molar-refractivity contribution >= 4 is 11.9 Å². The number of benzene rings is 2. The van der Waals surface area contributed by atoms with Crippen molar-refractivity contribution in [2.45, 2.75) is 13.5 Å². The Morgan fingerprint density at radius 3 is 2.14 bits per heavy atom. The molecule has 0 amide bonds. The van der Waals surface area contributed by atoms with Crippen molar-refractivity contribution in [3.05, 3.63) is 78.9 Å². The van der Waals surface area contributed by atoms with Crippen LogP contribution in [0.1, 0.15) is 6.92 Å². The average Bonchev–Trinajstić information content (AvgIpc) is 3.16. The molecule has 3 aromatic rings. The van der Waals surface area contributed by atoms with E-state index in [9.17, 15) is 9.59 Å². The summed E-state index contributed by atoms with van der Waals surface area (Å²) in [6.45, 7) is 4.96. The third kappa shape index (κ3) is 5.42. The highest BCUT2D eigenvalue weighted by Gasteiger charge is 2.15. The van der Waals surface area contributed by atoms with Crippen LogP contribution in [0, 0.1) is 0 Å². The van der Waals surface area contributed by atoms with Crippen LogP contribution >= 0.6 is 0 Å². The second-order valence-electron chi connectivity index (χ2n) is 6.44. The lowest BCUT2D eigenvalue weighted by Gasteiger charge is -2.09. The van der Waals surface area contributed by atoms with Gasteiger partial charge in [0.25, 0.3) is 0 Å². The molecule has 6 nitrogen and oxygen atoms in total. The van der Waals surface area contributed by atoms with E-state index in [1.54, 1.807) is 11.6 Å². The monoisotopic (exact) mass is 390 g/mol. The average molecular weight is 390 g/mol. The fraction of sp³-hybridized carbons (Fsp3) is 0.174. The number of nitrogens with zero attached hydrogens (tertiary/aromatic N) is 2. The summed E-state index contributed by atoms with van der Waals surface area (Å²) in [5.74, 6) is -0.969. The van der Waals surface area contributed by atoms with Crippen LogP contribution in [-0.4, -0.2) is 34.9 Å². The normalized spacial score (nSPS) is 10.4. The number of esters is 2. The Bertz CT molecular complexity index is 994. The van der Waals surface area contributed by atoms with Crippen molar-refractivity contribution in [1.82, 2.24) is 9.78 Å². The van der Waals surface area contributed by atoms with E-state index >= 15 is 0 Å². The van der Waals surface area contributed by atoms with E-state index in [-0.39, 0.29) is 19.8 Å².